The molecule has 0 aliphatic rings. The summed E-state index contributed by atoms with van der Waals surface area (Å²) in [5, 5.41) is 8.90. The van der Waals surface area contributed by atoms with Crippen LogP contribution >= 0.6 is 0 Å². The SMILES string of the molecule is Cc1ccc(OC(C)C(=O)Oc2cccc(C(=O)O)c2)cc1. The number of carboxylic acid groups (broad SMARTS) is 1. The first-order valence-electron chi connectivity index (χ1n) is 6.74. The van der Waals surface area contributed by atoms with Crippen molar-refractivity contribution in [1.82, 2.24) is 0 Å². The first kappa shape index (κ1) is 15.6. The van der Waals surface area contributed by atoms with Crippen molar-refractivity contribution in [1.29, 1.82) is 0 Å². The number of carbonyl (C=O) groups is 2. The van der Waals surface area contributed by atoms with Crippen molar-refractivity contribution in [2.45, 2.75) is 20.0 Å². The molecule has 0 bridgehead atoms. The van der Waals surface area contributed by atoms with E-state index in [0.717, 1.165) is 5.56 Å². The highest BCUT2D eigenvalue weighted by Gasteiger charge is 2.18. The van der Waals surface area contributed by atoms with E-state index in [1.54, 1.807) is 19.1 Å². The van der Waals surface area contributed by atoms with E-state index in [2.05, 4.69) is 0 Å². The van der Waals surface area contributed by atoms with Gasteiger partial charge < -0.3 is 14.6 Å². The topological polar surface area (TPSA) is 72.8 Å². The van der Waals surface area contributed by atoms with Gasteiger partial charge in [0, 0.05) is 0 Å². The number of carbonyl (C=O) groups excluding carboxylic acids is 1. The van der Waals surface area contributed by atoms with E-state index >= 15 is 0 Å². The first-order chi connectivity index (χ1) is 10.5. The maximum absolute atomic E-state index is 12.0. The van der Waals surface area contributed by atoms with Gasteiger partial charge in [0.1, 0.15) is 11.5 Å². The number of hydrogen-bond donors (Lipinski definition) is 1. The zero-order valence-corrected chi connectivity index (χ0v) is 12.3. The van der Waals surface area contributed by atoms with Crippen molar-refractivity contribution in [2.24, 2.45) is 0 Å². The summed E-state index contributed by atoms with van der Waals surface area (Å²) in [6.45, 7) is 3.53. The summed E-state index contributed by atoms with van der Waals surface area (Å²) in [5.74, 6) is -0.941. The zero-order chi connectivity index (χ0) is 16.1. The second-order valence-corrected chi connectivity index (χ2v) is 4.83. The van der Waals surface area contributed by atoms with Gasteiger partial charge in [0.05, 0.1) is 5.56 Å². The maximum Gasteiger partial charge on any atom is 0.352 e. The summed E-state index contributed by atoms with van der Waals surface area (Å²) >= 11 is 0. The molecule has 2 aromatic carbocycles. The van der Waals surface area contributed by atoms with Crippen LogP contribution in [0.4, 0.5) is 0 Å². The Hall–Kier alpha value is -2.82. The van der Waals surface area contributed by atoms with Crippen LogP contribution in [0.25, 0.3) is 0 Å². The van der Waals surface area contributed by atoms with Gasteiger partial charge in [-0.1, -0.05) is 23.8 Å². The van der Waals surface area contributed by atoms with Crippen molar-refractivity contribution in [3.63, 3.8) is 0 Å². The molecule has 0 radical (unpaired) electrons. The second kappa shape index (κ2) is 6.76. The highest BCUT2D eigenvalue weighted by molar-refractivity contribution is 5.88. The summed E-state index contributed by atoms with van der Waals surface area (Å²) in [6.07, 6.45) is -0.809. The van der Waals surface area contributed by atoms with Gasteiger partial charge >= 0.3 is 11.9 Å². The van der Waals surface area contributed by atoms with Crippen molar-refractivity contribution in [2.75, 3.05) is 0 Å². The lowest BCUT2D eigenvalue weighted by Gasteiger charge is -2.14. The number of rotatable bonds is 5. The number of hydrogen-bond acceptors (Lipinski definition) is 4. The van der Waals surface area contributed by atoms with Gasteiger partial charge in [-0.25, -0.2) is 9.59 Å². The van der Waals surface area contributed by atoms with Crippen molar-refractivity contribution in [3.8, 4) is 11.5 Å². The third kappa shape index (κ3) is 4.09. The van der Waals surface area contributed by atoms with Crippen LogP contribution in [0.2, 0.25) is 0 Å². The fourth-order valence-corrected chi connectivity index (χ4v) is 1.76. The summed E-state index contributed by atoms with van der Waals surface area (Å²) in [5.41, 5.74) is 1.14. The fourth-order valence-electron chi connectivity index (χ4n) is 1.76. The van der Waals surface area contributed by atoms with Crippen LogP contribution in [0.3, 0.4) is 0 Å². The molecule has 1 atom stereocenters. The zero-order valence-electron chi connectivity index (χ0n) is 12.3. The van der Waals surface area contributed by atoms with E-state index < -0.39 is 18.0 Å². The quantitative estimate of drug-likeness (QED) is 0.678. The lowest BCUT2D eigenvalue weighted by Crippen LogP contribution is -2.28. The van der Waals surface area contributed by atoms with Crippen LogP contribution in [0.15, 0.2) is 48.5 Å². The molecule has 0 saturated heterocycles. The standard InChI is InChI=1S/C17H16O5/c1-11-6-8-14(9-7-11)21-12(2)17(20)22-15-5-3-4-13(10-15)16(18)19/h3-10,12H,1-2H3,(H,18,19). The summed E-state index contributed by atoms with van der Waals surface area (Å²) in [6, 6.07) is 13.0. The minimum Gasteiger partial charge on any atom is -0.479 e. The van der Waals surface area contributed by atoms with E-state index in [9.17, 15) is 9.59 Å². The average Bonchev–Trinajstić information content (AvgIpc) is 2.49. The molecule has 0 fully saturated rings. The number of aryl methyl sites for hydroxylation is 1. The Labute approximate surface area is 128 Å². The van der Waals surface area contributed by atoms with Crippen molar-refractivity contribution in [3.05, 3.63) is 59.7 Å². The lowest BCUT2D eigenvalue weighted by atomic mass is 10.2. The molecule has 1 N–H and O–H groups in total. The predicted octanol–water partition coefficient (Wildman–Crippen LogP) is 3.07. The second-order valence-electron chi connectivity index (χ2n) is 4.83. The molecule has 0 spiro atoms. The highest BCUT2D eigenvalue weighted by atomic mass is 16.6. The predicted molar refractivity (Wildman–Crippen MR) is 80.3 cm³/mol. The summed E-state index contributed by atoms with van der Waals surface area (Å²) in [7, 11) is 0. The van der Waals surface area contributed by atoms with Gasteiger partial charge in [0.2, 0.25) is 0 Å². The smallest absolute Gasteiger partial charge is 0.352 e. The van der Waals surface area contributed by atoms with Crippen LogP contribution in [0.1, 0.15) is 22.8 Å². The fraction of sp³-hybridized carbons (Fsp3) is 0.176. The van der Waals surface area contributed by atoms with Crippen molar-refractivity contribution >= 4 is 11.9 Å². The molecule has 5 nitrogen and oxygen atoms in total. The summed E-state index contributed by atoms with van der Waals surface area (Å²) < 4.78 is 10.6. The van der Waals surface area contributed by atoms with Gasteiger partial charge in [0.25, 0.3) is 0 Å². The molecule has 0 aliphatic heterocycles. The number of esters is 1. The summed E-state index contributed by atoms with van der Waals surface area (Å²) in [4.78, 5) is 22.8. The van der Waals surface area contributed by atoms with Crippen LogP contribution < -0.4 is 9.47 Å². The number of ether oxygens (including phenoxy) is 2. The Morgan fingerprint density at radius 3 is 2.36 bits per heavy atom. The van der Waals surface area contributed by atoms with E-state index in [1.165, 1.54) is 24.3 Å². The Morgan fingerprint density at radius 2 is 1.73 bits per heavy atom. The van der Waals surface area contributed by atoms with Crippen LogP contribution in [0, 0.1) is 6.92 Å². The molecule has 22 heavy (non-hydrogen) atoms. The molecule has 114 valence electrons. The van der Waals surface area contributed by atoms with Gasteiger partial charge in [-0.3, -0.25) is 0 Å². The third-order valence-electron chi connectivity index (χ3n) is 2.97. The van der Waals surface area contributed by atoms with E-state index in [0.29, 0.717) is 5.75 Å². The number of carboxylic acids is 1. The Kier molecular flexibility index (Phi) is 4.78. The van der Waals surface area contributed by atoms with Gasteiger partial charge in [-0.15, -0.1) is 0 Å². The van der Waals surface area contributed by atoms with Gasteiger partial charge in [-0.2, -0.15) is 0 Å². The van der Waals surface area contributed by atoms with Crippen molar-refractivity contribution < 1.29 is 24.2 Å². The molecule has 0 heterocycles. The normalized spacial score (nSPS) is 11.5. The Bertz CT molecular complexity index is 676. The molecular formula is C17H16O5. The lowest BCUT2D eigenvalue weighted by molar-refractivity contribution is -0.141. The molecule has 5 heteroatoms. The minimum absolute atomic E-state index is 0.0532. The molecular weight excluding hydrogens is 284 g/mol. The third-order valence-corrected chi connectivity index (χ3v) is 2.97. The Morgan fingerprint density at radius 1 is 1.05 bits per heavy atom. The largest absolute Gasteiger partial charge is 0.479 e. The van der Waals surface area contributed by atoms with Crippen LogP contribution in [0.5, 0.6) is 11.5 Å². The van der Waals surface area contributed by atoms with E-state index in [-0.39, 0.29) is 11.3 Å². The number of benzene rings is 2. The van der Waals surface area contributed by atoms with Crippen LogP contribution in [-0.2, 0) is 4.79 Å². The highest BCUT2D eigenvalue weighted by Crippen LogP contribution is 2.17. The molecule has 2 aromatic rings. The monoisotopic (exact) mass is 300 g/mol. The van der Waals surface area contributed by atoms with Gasteiger partial charge in [-0.05, 0) is 44.2 Å². The van der Waals surface area contributed by atoms with Gasteiger partial charge in [0.15, 0.2) is 6.10 Å². The average molecular weight is 300 g/mol. The number of aromatic carboxylic acids is 1. The minimum atomic E-state index is -1.08. The Balaban J connectivity index is 2.00. The molecule has 0 saturated carbocycles. The molecule has 2 rings (SSSR count). The molecule has 1 unspecified atom stereocenters. The first-order valence-corrected chi connectivity index (χ1v) is 6.74. The van der Waals surface area contributed by atoms with Crippen LogP contribution in [-0.4, -0.2) is 23.1 Å². The molecule has 0 aliphatic carbocycles. The van der Waals surface area contributed by atoms with E-state index in [4.69, 9.17) is 14.6 Å². The molecule has 0 amide bonds. The van der Waals surface area contributed by atoms with E-state index in [1.807, 2.05) is 19.1 Å². The molecule has 0 aromatic heterocycles. The maximum atomic E-state index is 12.0.